The minimum absolute atomic E-state index is 0.00746. The fraction of sp³-hybridized carbons (Fsp3) is 0.200. The van der Waals surface area contributed by atoms with Gasteiger partial charge in [0.05, 0.1) is 31.0 Å². The molecule has 0 radical (unpaired) electrons. The van der Waals surface area contributed by atoms with E-state index in [0.717, 1.165) is 0 Å². The molecule has 39 heavy (non-hydrogen) atoms. The SMILES string of the molecule is [2H]C([2H])([2H])n1nnc(-c2nc(Cl)ccc2N[C@@]([2H])(C)c2cc(C)cc3c(=O)n(C([2H])([2H])[2H])c4c(-c5cnc(N)nc5)ncn4c23)n1. The molecular formula is C25H23ClN12O. The Balaban J connectivity index is 1.60. The summed E-state index contributed by atoms with van der Waals surface area (Å²) in [5.41, 5.74) is 6.40. The Kier molecular flexibility index (Phi) is 4.11. The highest BCUT2D eigenvalue weighted by Gasteiger charge is 2.22. The Labute approximate surface area is 236 Å². The number of fused-ring (bicyclic) bond motifs is 3. The fourth-order valence-electron chi connectivity index (χ4n) is 4.37. The number of nitrogens with one attached hydrogen (secondary N) is 1. The average Bonchev–Trinajstić information content (AvgIpc) is 3.62. The van der Waals surface area contributed by atoms with E-state index >= 15 is 0 Å². The number of hydrogen-bond donors (Lipinski definition) is 2. The lowest BCUT2D eigenvalue weighted by Gasteiger charge is -2.21. The van der Waals surface area contributed by atoms with E-state index < -0.39 is 25.5 Å². The second-order valence-electron chi connectivity index (χ2n) is 8.65. The number of benzene rings is 1. The van der Waals surface area contributed by atoms with Crippen molar-refractivity contribution in [3.05, 3.63) is 69.6 Å². The summed E-state index contributed by atoms with van der Waals surface area (Å²) in [6.07, 6.45) is 4.08. The summed E-state index contributed by atoms with van der Waals surface area (Å²) in [4.78, 5) is 31.1. The van der Waals surface area contributed by atoms with Crippen molar-refractivity contribution < 1.29 is 9.60 Å². The molecule has 0 aliphatic rings. The molecule has 0 spiro atoms. The number of nitrogens with two attached hydrogens (primary N) is 1. The Morgan fingerprint density at radius 2 is 1.97 bits per heavy atom. The van der Waals surface area contributed by atoms with Crippen molar-refractivity contribution in [2.24, 2.45) is 14.0 Å². The molecule has 6 rings (SSSR count). The van der Waals surface area contributed by atoms with Gasteiger partial charge in [-0.3, -0.25) is 13.8 Å². The van der Waals surface area contributed by atoms with E-state index in [1.807, 2.05) is 0 Å². The van der Waals surface area contributed by atoms with E-state index in [9.17, 15) is 6.17 Å². The molecule has 0 saturated heterocycles. The average molecular weight is 550 g/mol. The molecule has 0 amide bonds. The molecule has 13 nitrogen and oxygen atoms in total. The van der Waals surface area contributed by atoms with Crippen LogP contribution in [0.15, 0.2) is 47.8 Å². The van der Waals surface area contributed by atoms with Gasteiger partial charge in [0.15, 0.2) is 0 Å². The number of pyridine rings is 1. The first kappa shape index (κ1) is 17.6. The molecule has 0 bridgehead atoms. The Hall–Kier alpha value is -4.91. The van der Waals surface area contributed by atoms with Crippen molar-refractivity contribution in [3.63, 3.8) is 0 Å². The molecule has 0 saturated carbocycles. The number of hydrogen-bond acceptors (Lipinski definition) is 10. The first-order valence-electron chi connectivity index (χ1n) is 14.9. The van der Waals surface area contributed by atoms with Crippen molar-refractivity contribution >= 4 is 39.8 Å². The molecule has 0 fully saturated rings. The van der Waals surface area contributed by atoms with Crippen LogP contribution in [0.3, 0.4) is 0 Å². The molecule has 1 aromatic carbocycles. The van der Waals surface area contributed by atoms with E-state index in [4.69, 9.17) is 25.6 Å². The zero-order valence-corrected chi connectivity index (χ0v) is 21.1. The maximum atomic E-state index is 14.0. The van der Waals surface area contributed by atoms with Crippen molar-refractivity contribution in [3.8, 4) is 22.8 Å². The van der Waals surface area contributed by atoms with E-state index in [1.165, 1.54) is 48.2 Å². The molecule has 0 aliphatic heterocycles. The smallest absolute Gasteiger partial charge is 0.261 e. The van der Waals surface area contributed by atoms with Crippen molar-refractivity contribution in [1.82, 2.24) is 49.1 Å². The van der Waals surface area contributed by atoms with Gasteiger partial charge in [-0.1, -0.05) is 17.7 Å². The normalized spacial score (nSPS) is 16.4. The lowest BCUT2D eigenvalue weighted by molar-refractivity contribution is 0.630. The lowest BCUT2D eigenvalue weighted by atomic mass is 10.0. The summed E-state index contributed by atoms with van der Waals surface area (Å²) in [7, 11) is 0. The van der Waals surface area contributed by atoms with Gasteiger partial charge in [-0.05, 0) is 48.4 Å². The molecule has 1 atom stereocenters. The van der Waals surface area contributed by atoms with Crippen LogP contribution in [0.25, 0.3) is 39.3 Å². The first-order valence-corrected chi connectivity index (χ1v) is 11.7. The van der Waals surface area contributed by atoms with E-state index in [1.54, 1.807) is 13.0 Å². The van der Waals surface area contributed by atoms with Gasteiger partial charge in [0.1, 0.15) is 28.5 Å². The second kappa shape index (κ2) is 9.13. The van der Waals surface area contributed by atoms with Gasteiger partial charge >= 0.3 is 0 Å². The van der Waals surface area contributed by atoms with Crippen LogP contribution in [0.5, 0.6) is 0 Å². The molecule has 0 unspecified atom stereocenters. The molecule has 3 N–H and O–H groups in total. The summed E-state index contributed by atoms with van der Waals surface area (Å²) >= 11 is 6.16. The summed E-state index contributed by atoms with van der Waals surface area (Å²) in [6.45, 7) is -2.39. The Morgan fingerprint density at radius 1 is 1.15 bits per heavy atom. The standard InChI is InChI=1S/C25H23ClN12O/c1-12-7-15(13(2)31-17-5-6-18(26)32-20(17)22-33-35-37(4)34-22)21-16(8-12)24(39)36(3)23-19(30-11-38(21)23)14-9-28-25(27)29-10-14/h5-11,13,31H,1-4H3,(H2,27,28,29)/t13-/m0/s1/i3D3,4D3,13D. The number of rotatable bonds is 5. The number of aromatic nitrogens is 10. The fourth-order valence-corrected chi connectivity index (χ4v) is 4.52. The van der Waals surface area contributed by atoms with E-state index in [2.05, 4.69) is 40.7 Å². The van der Waals surface area contributed by atoms with Gasteiger partial charge in [-0.2, -0.15) is 4.80 Å². The Morgan fingerprint density at radius 3 is 2.72 bits per heavy atom. The topological polar surface area (TPSA) is 160 Å². The van der Waals surface area contributed by atoms with E-state index in [0.29, 0.717) is 20.5 Å². The van der Waals surface area contributed by atoms with E-state index in [-0.39, 0.29) is 56.1 Å². The van der Waals surface area contributed by atoms with Crippen molar-refractivity contribution in [2.45, 2.75) is 19.9 Å². The van der Waals surface area contributed by atoms with Crippen LogP contribution in [0, 0.1) is 6.92 Å². The molecule has 6 aromatic rings. The predicted molar refractivity (Wildman–Crippen MR) is 147 cm³/mol. The van der Waals surface area contributed by atoms with Crippen LogP contribution >= 0.6 is 11.6 Å². The van der Waals surface area contributed by atoms with Gasteiger partial charge in [-0.15, -0.1) is 10.2 Å². The van der Waals surface area contributed by atoms with Crippen molar-refractivity contribution in [2.75, 3.05) is 11.1 Å². The summed E-state index contributed by atoms with van der Waals surface area (Å²) in [6, 6.07) is 4.43. The third-order valence-electron chi connectivity index (χ3n) is 6.04. The third-order valence-corrected chi connectivity index (χ3v) is 6.25. The molecule has 196 valence electrons. The monoisotopic (exact) mass is 549 g/mol. The molecule has 14 heteroatoms. The number of nitrogens with zero attached hydrogens (tertiary/aromatic N) is 10. The predicted octanol–water partition coefficient (Wildman–Crippen LogP) is 2.95. The number of halogens is 1. The quantitative estimate of drug-likeness (QED) is 0.306. The van der Waals surface area contributed by atoms with Crippen LogP contribution in [-0.4, -0.2) is 49.1 Å². The lowest BCUT2D eigenvalue weighted by Crippen LogP contribution is -2.21. The zero-order valence-electron chi connectivity index (χ0n) is 27.4. The highest BCUT2D eigenvalue weighted by Crippen LogP contribution is 2.33. The van der Waals surface area contributed by atoms with Crippen LogP contribution in [0.1, 0.15) is 33.7 Å². The summed E-state index contributed by atoms with van der Waals surface area (Å²) < 4.78 is 59.0. The van der Waals surface area contributed by atoms with Gasteiger partial charge in [-0.25, -0.2) is 19.9 Å². The summed E-state index contributed by atoms with van der Waals surface area (Å²) in [5.74, 6) is -0.175. The molecule has 5 aromatic heterocycles. The maximum absolute atomic E-state index is 14.0. The summed E-state index contributed by atoms with van der Waals surface area (Å²) in [5, 5.41) is 14.5. The van der Waals surface area contributed by atoms with Crippen LogP contribution in [0.2, 0.25) is 5.15 Å². The van der Waals surface area contributed by atoms with Crippen LogP contribution in [-0.2, 0) is 14.0 Å². The minimum atomic E-state index is -2.91. The van der Waals surface area contributed by atoms with Gasteiger partial charge in [0.2, 0.25) is 11.8 Å². The number of tetrazole rings is 1. The highest BCUT2D eigenvalue weighted by atomic mass is 35.5. The molecule has 5 heterocycles. The highest BCUT2D eigenvalue weighted by molar-refractivity contribution is 6.29. The zero-order chi connectivity index (χ0) is 33.3. The number of nitrogen functional groups attached to an aromatic ring is 1. The number of imidazole rings is 1. The first-order chi connectivity index (χ1) is 21.5. The van der Waals surface area contributed by atoms with Gasteiger partial charge < -0.3 is 11.1 Å². The molecule has 0 aliphatic carbocycles. The van der Waals surface area contributed by atoms with Crippen LogP contribution < -0.4 is 16.6 Å². The third kappa shape index (κ3) is 4.12. The second-order valence-corrected chi connectivity index (χ2v) is 9.04. The molecular weight excluding hydrogens is 520 g/mol. The number of aryl methyl sites for hydroxylation is 3. The van der Waals surface area contributed by atoms with Gasteiger partial charge in [0, 0.05) is 33.2 Å². The van der Waals surface area contributed by atoms with Crippen LogP contribution in [0.4, 0.5) is 11.6 Å². The van der Waals surface area contributed by atoms with Gasteiger partial charge in [0.25, 0.3) is 5.56 Å². The largest absolute Gasteiger partial charge is 0.377 e. The Bertz CT molecular complexity index is 2200. The maximum Gasteiger partial charge on any atom is 0.261 e. The van der Waals surface area contributed by atoms with Crippen molar-refractivity contribution in [1.29, 1.82) is 0 Å². The minimum Gasteiger partial charge on any atom is -0.377 e. The number of anilines is 2.